The lowest BCUT2D eigenvalue weighted by Gasteiger charge is -2.12. The fraction of sp³-hybridized carbons (Fsp3) is 0.133. The number of rotatable bonds is 5. The number of ether oxygens (including phenoxy) is 1. The normalized spacial score (nSPS) is 11.2. The molecule has 0 fully saturated rings. The molecule has 0 aliphatic heterocycles. The van der Waals surface area contributed by atoms with Crippen LogP contribution in [0, 0.1) is 5.82 Å². The Morgan fingerprint density at radius 3 is 2.58 bits per heavy atom. The molecule has 0 aromatic heterocycles. The van der Waals surface area contributed by atoms with Crippen LogP contribution in [0.25, 0.3) is 0 Å². The van der Waals surface area contributed by atoms with Crippen LogP contribution in [0.1, 0.15) is 17.3 Å². The third kappa shape index (κ3) is 4.25. The van der Waals surface area contributed by atoms with Crippen molar-refractivity contribution in [2.75, 3.05) is 11.3 Å². The average Bonchev–Trinajstić information content (AvgIpc) is 2.50. The molecule has 2 rings (SSSR count). The lowest BCUT2D eigenvalue weighted by atomic mass is 10.2. The van der Waals surface area contributed by atoms with Gasteiger partial charge >= 0.3 is 5.97 Å². The highest BCUT2D eigenvalue weighted by Gasteiger charge is 2.21. The summed E-state index contributed by atoms with van der Waals surface area (Å²) in [5.41, 5.74) is 0.252. The maximum atomic E-state index is 13.0. The highest BCUT2D eigenvalue weighted by atomic mass is 79.9. The monoisotopic (exact) mass is 435 g/mol. The van der Waals surface area contributed by atoms with E-state index in [1.54, 1.807) is 6.92 Å². The predicted molar refractivity (Wildman–Crippen MR) is 92.3 cm³/mol. The molecule has 0 aliphatic rings. The molecular formula is C15H12BrClFNO4S. The minimum absolute atomic E-state index is 0.0411. The number of hydrogen-bond donors (Lipinski definition) is 1. The largest absolute Gasteiger partial charge is 0.462 e. The summed E-state index contributed by atoms with van der Waals surface area (Å²) in [6.07, 6.45) is 0. The fourth-order valence-corrected chi connectivity index (χ4v) is 4.26. The van der Waals surface area contributed by atoms with Gasteiger partial charge in [0.1, 0.15) is 10.7 Å². The van der Waals surface area contributed by atoms with Crippen molar-refractivity contribution >= 4 is 49.2 Å². The minimum atomic E-state index is -3.99. The van der Waals surface area contributed by atoms with E-state index in [1.807, 2.05) is 0 Å². The van der Waals surface area contributed by atoms with Crippen LogP contribution in [-0.4, -0.2) is 21.0 Å². The molecule has 2 aromatic carbocycles. The SMILES string of the molecule is CCOC(=O)c1ccc(S(=O)(=O)Nc2ccc(F)cc2Cl)c(Br)c1. The number of carbonyl (C=O) groups is 1. The molecule has 128 valence electrons. The molecular weight excluding hydrogens is 425 g/mol. The Labute approximate surface area is 152 Å². The Kier molecular flexibility index (Phi) is 5.84. The van der Waals surface area contributed by atoms with E-state index in [4.69, 9.17) is 16.3 Å². The summed E-state index contributed by atoms with van der Waals surface area (Å²) in [7, 11) is -3.99. The molecule has 0 atom stereocenters. The zero-order valence-corrected chi connectivity index (χ0v) is 15.5. The van der Waals surface area contributed by atoms with Gasteiger partial charge in [-0.1, -0.05) is 11.6 Å². The molecule has 24 heavy (non-hydrogen) atoms. The number of hydrogen-bond acceptors (Lipinski definition) is 4. The van der Waals surface area contributed by atoms with Gasteiger partial charge in [-0.15, -0.1) is 0 Å². The van der Waals surface area contributed by atoms with Crippen LogP contribution < -0.4 is 4.72 Å². The quantitative estimate of drug-likeness (QED) is 0.712. The van der Waals surface area contributed by atoms with Crippen LogP contribution in [0.3, 0.4) is 0 Å². The summed E-state index contributed by atoms with van der Waals surface area (Å²) in [6, 6.07) is 7.25. The van der Waals surface area contributed by atoms with Gasteiger partial charge in [0.25, 0.3) is 10.0 Å². The van der Waals surface area contributed by atoms with Gasteiger partial charge in [0.15, 0.2) is 0 Å². The Bertz CT molecular complexity index is 889. The summed E-state index contributed by atoms with van der Waals surface area (Å²) in [5, 5.41) is -0.0714. The van der Waals surface area contributed by atoms with Gasteiger partial charge in [-0.25, -0.2) is 17.6 Å². The molecule has 5 nitrogen and oxygen atoms in total. The second kappa shape index (κ2) is 7.50. The number of carbonyl (C=O) groups excluding carboxylic acids is 1. The summed E-state index contributed by atoms with van der Waals surface area (Å²) < 4.78 is 45.3. The van der Waals surface area contributed by atoms with Crippen molar-refractivity contribution < 1.29 is 22.3 Å². The molecule has 9 heteroatoms. The summed E-state index contributed by atoms with van der Waals surface area (Å²) >= 11 is 8.95. The van der Waals surface area contributed by atoms with Crippen LogP contribution in [-0.2, 0) is 14.8 Å². The molecule has 0 amide bonds. The maximum Gasteiger partial charge on any atom is 0.338 e. The summed E-state index contributed by atoms with van der Waals surface area (Å²) in [6.45, 7) is 1.88. The first kappa shape index (κ1) is 18.7. The molecule has 0 saturated carbocycles. The van der Waals surface area contributed by atoms with E-state index in [2.05, 4.69) is 20.7 Å². The standard InChI is InChI=1S/C15H12BrClFNO4S/c1-2-23-15(20)9-3-6-14(11(16)7-9)24(21,22)19-13-5-4-10(18)8-12(13)17/h3-8,19H,2H2,1H3. The van der Waals surface area contributed by atoms with E-state index in [0.717, 1.165) is 12.1 Å². The van der Waals surface area contributed by atoms with Gasteiger partial charge in [0, 0.05) is 4.47 Å². The molecule has 1 N–H and O–H groups in total. The molecule has 2 aromatic rings. The molecule has 0 unspecified atom stereocenters. The number of anilines is 1. The number of esters is 1. The van der Waals surface area contributed by atoms with Gasteiger partial charge in [-0.2, -0.15) is 0 Å². The minimum Gasteiger partial charge on any atom is -0.462 e. The number of halogens is 3. The van der Waals surface area contributed by atoms with Gasteiger partial charge < -0.3 is 4.74 Å². The first-order valence-electron chi connectivity index (χ1n) is 6.69. The average molecular weight is 437 g/mol. The van der Waals surface area contributed by atoms with E-state index >= 15 is 0 Å². The van der Waals surface area contributed by atoms with Gasteiger partial charge in [-0.3, -0.25) is 4.72 Å². The maximum absolute atomic E-state index is 13.0. The highest BCUT2D eigenvalue weighted by Crippen LogP contribution is 2.29. The predicted octanol–water partition coefficient (Wildman–Crippen LogP) is 4.22. The zero-order valence-electron chi connectivity index (χ0n) is 12.3. The van der Waals surface area contributed by atoms with Crippen molar-refractivity contribution in [3.63, 3.8) is 0 Å². The van der Waals surface area contributed by atoms with Crippen molar-refractivity contribution in [2.45, 2.75) is 11.8 Å². The molecule has 0 saturated heterocycles. The Morgan fingerprint density at radius 1 is 1.29 bits per heavy atom. The first-order valence-corrected chi connectivity index (χ1v) is 9.34. The second-order valence-corrected chi connectivity index (χ2v) is 7.51. The van der Waals surface area contributed by atoms with E-state index < -0.39 is 21.8 Å². The number of benzene rings is 2. The van der Waals surface area contributed by atoms with Crippen LogP contribution in [0.15, 0.2) is 45.8 Å². The third-order valence-corrected chi connectivity index (χ3v) is 5.56. The van der Waals surface area contributed by atoms with Gasteiger partial charge in [0.2, 0.25) is 0 Å². The van der Waals surface area contributed by atoms with E-state index in [9.17, 15) is 17.6 Å². The topological polar surface area (TPSA) is 72.5 Å². The fourth-order valence-electron chi connectivity index (χ4n) is 1.83. The molecule has 0 bridgehead atoms. The smallest absolute Gasteiger partial charge is 0.338 e. The second-order valence-electron chi connectivity index (χ2n) is 4.60. The van der Waals surface area contributed by atoms with Crippen LogP contribution in [0.2, 0.25) is 5.02 Å². The Balaban J connectivity index is 2.34. The van der Waals surface area contributed by atoms with Gasteiger partial charge in [0.05, 0.1) is 22.9 Å². The lowest BCUT2D eigenvalue weighted by molar-refractivity contribution is 0.0526. The Morgan fingerprint density at radius 2 is 2.00 bits per heavy atom. The lowest BCUT2D eigenvalue weighted by Crippen LogP contribution is -2.14. The third-order valence-electron chi connectivity index (χ3n) is 2.91. The summed E-state index contributed by atoms with van der Waals surface area (Å²) in [4.78, 5) is 11.6. The number of nitrogens with one attached hydrogen (secondary N) is 1. The van der Waals surface area contributed by atoms with Crippen molar-refractivity contribution in [3.05, 3.63) is 57.3 Å². The van der Waals surface area contributed by atoms with E-state index in [1.165, 1.54) is 24.3 Å². The van der Waals surface area contributed by atoms with Crippen molar-refractivity contribution in [1.82, 2.24) is 0 Å². The number of sulfonamides is 1. The Hall–Kier alpha value is -1.64. The summed E-state index contributed by atoms with van der Waals surface area (Å²) in [5.74, 6) is -1.14. The van der Waals surface area contributed by atoms with Gasteiger partial charge in [-0.05, 0) is 59.3 Å². The molecule has 0 aliphatic carbocycles. The van der Waals surface area contributed by atoms with Crippen molar-refractivity contribution in [3.8, 4) is 0 Å². The highest BCUT2D eigenvalue weighted by molar-refractivity contribution is 9.10. The van der Waals surface area contributed by atoms with Crippen LogP contribution in [0.4, 0.5) is 10.1 Å². The van der Waals surface area contributed by atoms with Crippen LogP contribution >= 0.6 is 27.5 Å². The molecule has 0 heterocycles. The van der Waals surface area contributed by atoms with E-state index in [0.29, 0.717) is 0 Å². The van der Waals surface area contributed by atoms with Crippen molar-refractivity contribution in [1.29, 1.82) is 0 Å². The molecule has 0 spiro atoms. The first-order chi connectivity index (χ1) is 11.2. The van der Waals surface area contributed by atoms with Crippen molar-refractivity contribution in [2.24, 2.45) is 0 Å². The molecule has 0 radical (unpaired) electrons. The van der Waals surface area contributed by atoms with E-state index in [-0.39, 0.29) is 32.2 Å². The van der Waals surface area contributed by atoms with Crippen LogP contribution in [0.5, 0.6) is 0 Å². The zero-order chi connectivity index (χ0) is 17.9.